The number of carbonyl (C=O) groups is 1. The molecule has 0 aliphatic carbocycles. The lowest BCUT2D eigenvalue weighted by atomic mass is 10.1. The Labute approximate surface area is 229 Å². The summed E-state index contributed by atoms with van der Waals surface area (Å²) in [4.78, 5) is 34.5. The molecule has 9 nitrogen and oxygen atoms in total. The summed E-state index contributed by atoms with van der Waals surface area (Å²) in [5.74, 6) is 1.45. The molecule has 4 aromatic rings. The summed E-state index contributed by atoms with van der Waals surface area (Å²) < 4.78 is 39.5. The highest BCUT2D eigenvalue weighted by Gasteiger charge is 2.31. The van der Waals surface area contributed by atoms with Crippen LogP contribution in [0.3, 0.4) is 0 Å². The van der Waals surface area contributed by atoms with E-state index in [1.165, 1.54) is 18.3 Å². The second-order valence-electron chi connectivity index (χ2n) is 9.13. The van der Waals surface area contributed by atoms with Gasteiger partial charge in [0, 0.05) is 55.7 Å². The quantitative estimate of drug-likeness (QED) is 0.326. The zero-order valence-corrected chi connectivity index (χ0v) is 21.7. The molecule has 0 unspecified atom stereocenters. The Bertz CT molecular complexity index is 1470. The Morgan fingerprint density at radius 2 is 1.65 bits per heavy atom. The number of amides is 1. The summed E-state index contributed by atoms with van der Waals surface area (Å²) in [6.45, 7) is 4.00. The molecule has 5 rings (SSSR count). The maximum absolute atomic E-state index is 13.2. The van der Waals surface area contributed by atoms with Crippen LogP contribution in [0.1, 0.15) is 28.7 Å². The van der Waals surface area contributed by atoms with Crippen molar-refractivity contribution in [3.63, 3.8) is 0 Å². The first kappa shape index (κ1) is 26.9. The van der Waals surface area contributed by atoms with E-state index in [1.54, 1.807) is 30.3 Å². The van der Waals surface area contributed by atoms with E-state index in [-0.39, 0.29) is 11.9 Å². The molecule has 1 saturated heterocycles. The molecule has 206 valence electrons. The summed E-state index contributed by atoms with van der Waals surface area (Å²) in [7, 11) is 0. The van der Waals surface area contributed by atoms with Gasteiger partial charge in [0.1, 0.15) is 11.6 Å². The molecule has 40 heavy (non-hydrogen) atoms. The minimum Gasteiger partial charge on any atom is -0.368 e. The number of aryl methyl sites for hydroxylation is 1. The zero-order valence-electron chi connectivity index (χ0n) is 21.7. The number of halogens is 3. The van der Waals surface area contributed by atoms with Crippen LogP contribution in [0, 0.1) is 0 Å². The van der Waals surface area contributed by atoms with Gasteiger partial charge in [-0.15, -0.1) is 0 Å². The Morgan fingerprint density at radius 1 is 0.900 bits per heavy atom. The Morgan fingerprint density at radius 3 is 2.38 bits per heavy atom. The van der Waals surface area contributed by atoms with Gasteiger partial charge in [-0.25, -0.2) is 4.98 Å². The first-order valence-electron chi connectivity index (χ1n) is 12.8. The summed E-state index contributed by atoms with van der Waals surface area (Å²) in [6.07, 6.45) is -2.29. The highest BCUT2D eigenvalue weighted by molar-refractivity contribution is 6.04. The number of para-hydroxylation sites is 1. The van der Waals surface area contributed by atoms with Gasteiger partial charge >= 0.3 is 6.18 Å². The molecule has 0 radical (unpaired) electrons. The van der Waals surface area contributed by atoms with Crippen LogP contribution in [-0.4, -0.2) is 52.0 Å². The van der Waals surface area contributed by atoms with E-state index in [9.17, 15) is 18.0 Å². The number of alkyl halides is 3. The number of hydrogen-bond acceptors (Lipinski definition) is 8. The first-order chi connectivity index (χ1) is 19.3. The number of piperazine rings is 1. The Balaban J connectivity index is 1.28. The second-order valence-corrected chi connectivity index (χ2v) is 9.13. The van der Waals surface area contributed by atoms with Gasteiger partial charge in [0.25, 0.3) is 5.91 Å². The number of carbonyl (C=O) groups excluding carboxylic acids is 1. The van der Waals surface area contributed by atoms with Gasteiger partial charge in [-0.2, -0.15) is 28.1 Å². The van der Waals surface area contributed by atoms with E-state index in [1.807, 2.05) is 34.9 Å². The molecule has 2 N–H and O–H groups in total. The lowest BCUT2D eigenvalue weighted by Gasteiger charge is -2.36. The fraction of sp³-hybridized carbons (Fsp3) is 0.250. The molecular formula is C28H27F3N8O. The largest absolute Gasteiger partial charge is 0.416 e. The van der Waals surface area contributed by atoms with Gasteiger partial charge in [0.15, 0.2) is 0 Å². The SMILES string of the molecule is CCc1nc(Nc2cc(C(=O)Nc3ccccc3)ccn2)nc(N2CCN(c3cccc(C(F)(F)F)c3)CC2)n1. The Hall–Kier alpha value is -4.74. The van der Waals surface area contributed by atoms with Crippen molar-refractivity contribution in [3.05, 3.63) is 89.9 Å². The van der Waals surface area contributed by atoms with Crippen molar-refractivity contribution in [1.82, 2.24) is 19.9 Å². The van der Waals surface area contributed by atoms with Gasteiger partial charge in [-0.05, 0) is 42.5 Å². The molecule has 1 amide bonds. The molecular weight excluding hydrogens is 521 g/mol. The van der Waals surface area contributed by atoms with Crippen LogP contribution < -0.4 is 20.4 Å². The lowest BCUT2D eigenvalue weighted by molar-refractivity contribution is -0.137. The number of aromatic nitrogens is 4. The van der Waals surface area contributed by atoms with Crippen molar-refractivity contribution >= 4 is 35.0 Å². The first-order valence-corrected chi connectivity index (χ1v) is 12.8. The fourth-order valence-electron chi connectivity index (χ4n) is 4.29. The minimum atomic E-state index is -4.39. The van der Waals surface area contributed by atoms with Crippen molar-refractivity contribution in [2.24, 2.45) is 0 Å². The molecule has 2 aromatic heterocycles. The molecule has 1 aliphatic heterocycles. The van der Waals surface area contributed by atoms with E-state index in [0.29, 0.717) is 67.1 Å². The average Bonchev–Trinajstić information content (AvgIpc) is 2.97. The third-order valence-electron chi connectivity index (χ3n) is 6.38. The van der Waals surface area contributed by atoms with E-state index >= 15 is 0 Å². The molecule has 1 fully saturated rings. The number of rotatable bonds is 7. The molecule has 12 heteroatoms. The summed E-state index contributed by atoms with van der Waals surface area (Å²) in [5, 5.41) is 5.92. The normalized spacial score (nSPS) is 13.7. The monoisotopic (exact) mass is 548 g/mol. The van der Waals surface area contributed by atoms with Gasteiger partial charge in [0.05, 0.1) is 5.56 Å². The second kappa shape index (κ2) is 11.6. The standard InChI is InChI=1S/C28H27F3N8O/c1-2-23-34-26(35-24-17-19(11-12-32-24)25(40)33-21-8-4-3-5-9-21)37-27(36-23)39-15-13-38(14-16-39)22-10-6-7-20(18-22)28(29,30)31/h3-12,17-18H,2,13-16H2,1H3,(H,33,40)(H,32,34,35,36,37). The predicted octanol–water partition coefficient (Wildman–Crippen LogP) is 5.17. The predicted molar refractivity (Wildman–Crippen MR) is 147 cm³/mol. The minimum absolute atomic E-state index is 0.277. The summed E-state index contributed by atoms with van der Waals surface area (Å²) >= 11 is 0. The van der Waals surface area contributed by atoms with Crippen molar-refractivity contribution in [1.29, 1.82) is 0 Å². The Kier molecular flexibility index (Phi) is 7.76. The van der Waals surface area contributed by atoms with Crippen LogP contribution in [0.25, 0.3) is 0 Å². The van der Waals surface area contributed by atoms with E-state index < -0.39 is 11.7 Å². The van der Waals surface area contributed by atoms with Crippen molar-refractivity contribution in [3.8, 4) is 0 Å². The molecule has 0 atom stereocenters. The van der Waals surface area contributed by atoms with Crippen molar-refractivity contribution < 1.29 is 18.0 Å². The van der Waals surface area contributed by atoms with E-state index in [4.69, 9.17) is 0 Å². The van der Waals surface area contributed by atoms with Gasteiger partial charge in [-0.3, -0.25) is 4.79 Å². The van der Waals surface area contributed by atoms with Crippen LogP contribution in [0.15, 0.2) is 72.9 Å². The molecule has 1 aliphatic rings. The van der Waals surface area contributed by atoms with E-state index in [0.717, 1.165) is 6.07 Å². The maximum atomic E-state index is 13.2. The van der Waals surface area contributed by atoms with E-state index in [2.05, 4.69) is 30.6 Å². The van der Waals surface area contributed by atoms with Crippen molar-refractivity contribution in [2.75, 3.05) is 46.6 Å². The third kappa shape index (κ3) is 6.45. The number of anilines is 5. The fourth-order valence-corrected chi connectivity index (χ4v) is 4.29. The molecule has 0 bridgehead atoms. The highest BCUT2D eigenvalue weighted by Crippen LogP contribution is 2.32. The number of pyridine rings is 1. The van der Waals surface area contributed by atoms with Crippen LogP contribution in [0.5, 0.6) is 0 Å². The van der Waals surface area contributed by atoms with Crippen LogP contribution in [0.4, 0.5) is 42.3 Å². The zero-order chi connectivity index (χ0) is 28.1. The molecule has 0 spiro atoms. The molecule has 3 heterocycles. The summed E-state index contributed by atoms with van der Waals surface area (Å²) in [6, 6.07) is 17.7. The number of benzene rings is 2. The van der Waals surface area contributed by atoms with Crippen LogP contribution >= 0.6 is 0 Å². The lowest BCUT2D eigenvalue weighted by Crippen LogP contribution is -2.47. The number of hydrogen-bond donors (Lipinski definition) is 2. The van der Waals surface area contributed by atoms with Crippen LogP contribution in [0.2, 0.25) is 0 Å². The van der Waals surface area contributed by atoms with Crippen LogP contribution in [-0.2, 0) is 12.6 Å². The summed E-state index contributed by atoms with van der Waals surface area (Å²) in [5.41, 5.74) is 0.964. The third-order valence-corrected chi connectivity index (χ3v) is 6.38. The van der Waals surface area contributed by atoms with Gasteiger partial charge in [0.2, 0.25) is 11.9 Å². The molecule has 0 saturated carbocycles. The number of nitrogens with zero attached hydrogens (tertiary/aromatic N) is 6. The molecule has 2 aromatic carbocycles. The number of nitrogens with one attached hydrogen (secondary N) is 2. The van der Waals surface area contributed by atoms with Gasteiger partial charge < -0.3 is 20.4 Å². The topological polar surface area (TPSA) is 99.2 Å². The smallest absolute Gasteiger partial charge is 0.368 e. The van der Waals surface area contributed by atoms with Gasteiger partial charge in [-0.1, -0.05) is 31.2 Å². The highest BCUT2D eigenvalue weighted by atomic mass is 19.4. The maximum Gasteiger partial charge on any atom is 0.416 e. The van der Waals surface area contributed by atoms with Crippen molar-refractivity contribution in [2.45, 2.75) is 19.5 Å². The average molecular weight is 549 g/mol.